The maximum atomic E-state index is 12.3. The van der Waals surface area contributed by atoms with Crippen LogP contribution in [0.2, 0.25) is 0 Å². The van der Waals surface area contributed by atoms with Gasteiger partial charge in [0.05, 0.1) is 11.6 Å². The quantitative estimate of drug-likeness (QED) is 0.684. The number of ether oxygens (including phenoxy) is 1. The van der Waals surface area contributed by atoms with Crippen LogP contribution in [0, 0.1) is 6.92 Å². The van der Waals surface area contributed by atoms with E-state index in [4.69, 9.17) is 4.74 Å². The zero-order valence-corrected chi connectivity index (χ0v) is 12.2. The van der Waals surface area contributed by atoms with Crippen molar-refractivity contribution >= 4 is 22.4 Å². The van der Waals surface area contributed by atoms with Crippen LogP contribution in [0.15, 0.2) is 33.9 Å². The van der Waals surface area contributed by atoms with Crippen LogP contribution in [0.25, 0.3) is 11.0 Å². The molecule has 106 valence electrons. The highest BCUT2D eigenvalue weighted by atomic mass is 32.1. The average molecular weight is 301 g/mol. The fourth-order valence-corrected chi connectivity index (χ4v) is 2.77. The second kappa shape index (κ2) is 5.10. The lowest BCUT2D eigenvalue weighted by molar-refractivity contribution is 0.414. The van der Waals surface area contributed by atoms with Crippen molar-refractivity contribution < 1.29 is 4.74 Å². The minimum atomic E-state index is -0.413. The van der Waals surface area contributed by atoms with Gasteiger partial charge >= 0.3 is 0 Å². The molecule has 1 aromatic carbocycles. The second-order valence-electron chi connectivity index (χ2n) is 4.39. The van der Waals surface area contributed by atoms with Gasteiger partial charge in [0.15, 0.2) is 0 Å². The van der Waals surface area contributed by atoms with E-state index in [0.29, 0.717) is 15.2 Å². The molecule has 0 bridgehead atoms. The van der Waals surface area contributed by atoms with Crippen molar-refractivity contribution in [1.29, 1.82) is 0 Å². The fraction of sp³-hybridized carbons (Fsp3) is 0.143. The van der Waals surface area contributed by atoms with Crippen molar-refractivity contribution in [3.05, 3.63) is 60.8 Å². The number of aryl methyl sites for hydroxylation is 1. The standard InChI is InChI=1S/C14H11N3O3S/c1-8-12(18)15-14-17(16-8)13(19)11(21-14)7-9-4-3-5-10(6-9)20-2/h3-7H,1-2H3/b11-7-. The van der Waals surface area contributed by atoms with Crippen molar-refractivity contribution in [3.8, 4) is 5.75 Å². The summed E-state index contributed by atoms with van der Waals surface area (Å²) in [5.41, 5.74) is 0.339. The molecule has 0 unspecified atom stereocenters. The van der Waals surface area contributed by atoms with Gasteiger partial charge in [0.25, 0.3) is 11.1 Å². The highest BCUT2D eigenvalue weighted by Gasteiger charge is 2.08. The third-order valence-corrected chi connectivity index (χ3v) is 3.89. The predicted molar refractivity (Wildman–Crippen MR) is 79.9 cm³/mol. The van der Waals surface area contributed by atoms with E-state index in [-0.39, 0.29) is 11.3 Å². The fourth-order valence-electron chi connectivity index (χ4n) is 1.87. The van der Waals surface area contributed by atoms with Crippen molar-refractivity contribution in [1.82, 2.24) is 14.6 Å². The first-order valence-corrected chi connectivity index (χ1v) is 6.96. The number of hydrogen-bond donors (Lipinski definition) is 0. The van der Waals surface area contributed by atoms with Crippen LogP contribution in [0.5, 0.6) is 5.75 Å². The van der Waals surface area contributed by atoms with E-state index < -0.39 is 5.56 Å². The Kier molecular flexibility index (Phi) is 3.26. The molecule has 0 spiro atoms. The normalized spacial score (nSPS) is 12.0. The third-order valence-electron chi connectivity index (χ3n) is 2.93. The lowest BCUT2D eigenvalue weighted by atomic mass is 10.2. The number of fused-ring (bicyclic) bond motifs is 1. The van der Waals surface area contributed by atoms with Crippen molar-refractivity contribution in [2.45, 2.75) is 6.92 Å². The lowest BCUT2D eigenvalue weighted by Gasteiger charge is -1.98. The average Bonchev–Trinajstić information content (AvgIpc) is 2.76. The summed E-state index contributed by atoms with van der Waals surface area (Å²) < 4.78 is 6.77. The molecule has 0 aliphatic rings. The van der Waals surface area contributed by atoms with Gasteiger partial charge in [-0.05, 0) is 30.7 Å². The Hall–Kier alpha value is -2.54. The highest BCUT2D eigenvalue weighted by Crippen LogP contribution is 2.12. The molecule has 0 aliphatic carbocycles. The van der Waals surface area contributed by atoms with Gasteiger partial charge in [-0.25, -0.2) is 0 Å². The Morgan fingerprint density at radius 2 is 2.14 bits per heavy atom. The van der Waals surface area contributed by atoms with E-state index in [1.165, 1.54) is 6.92 Å². The molecule has 0 atom stereocenters. The predicted octanol–water partition coefficient (Wildman–Crippen LogP) is 0.376. The Balaban J connectivity index is 2.25. The number of nitrogens with zero attached hydrogens (tertiary/aromatic N) is 3. The van der Waals surface area contributed by atoms with Crippen molar-refractivity contribution in [3.63, 3.8) is 0 Å². The summed E-state index contributed by atoms with van der Waals surface area (Å²) in [6.07, 6.45) is 1.73. The zero-order valence-electron chi connectivity index (χ0n) is 11.4. The molecule has 2 heterocycles. The van der Waals surface area contributed by atoms with Gasteiger partial charge in [0, 0.05) is 0 Å². The maximum absolute atomic E-state index is 12.3. The largest absolute Gasteiger partial charge is 0.497 e. The SMILES string of the molecule is COc1cccc(/C=c2\sc3nc(=O)c(C)nn3c2=O)c1. The van der Waals surface area contributed by atoms with Crippen LogP contribution >= 0.6 is 11.3 Å². The van der Waals surface area contributed by atoms with Crippen LogP contribution in [-0.4, -0.2) is 21.7 Å². The Labute approximate surface area is 123 Å². The van der Waals surface area contributed by atoms with Crippen molar-refractivity contribution in [2.24, 2.45) is 0 Å². The van der Waals surface area contributed by atoms with E-state index >= 15 is 0 Å². The monoisotopic (exact) mass is 301 g/mol. The summed E-state index contributed by atoms with van der Waals surface area (Å²) in [6.45, 7) is 1.53. The van der Waals surface area contributed by atoms with Crippen LogP contribution in [-0.2, 0) is 0 Å². The zero-order chi connectivity index (χ0) is 15.0. The molecule has 2 aromatic heterocycles. The second-order valence-corrected chi connectivity index (χ2v) is 5.40. The van der Waals surface area contributed by atoms with Gasteiger partial charge in [-0.3, -0.25) is 9.59 Å². The van der Waals surface area contributed by atoms with Crippen LogP contribution in [0.1, 0.15) is 11.3 Å². The number of aromatic nitrogens is 3. The molecule has 21 heavy (non-hydrogen) atoms. The Morgan fingerprint density at radius 3 is 2.90 bits per heavy atom. The van der Waals surface area contributed by atoms with E-state index in [9.17, 15) is 9.59 Å². The number of thiazole rings is 1. The first-order valence-electron chi connectivity index (χ1n) is 6.15. The summed E-state index contributed by atoms with van der Waals surface area (Å²) in [6, 6.07) is 7.35. The van der Waals surface area contributed by atoms with Crippen LogP contribution < -0.4 is 20.4 Å². The molecule has 3 aromatic rings. The summed E-state index contributed by atoms with van der Waals surface area (Å²) in [5, 5.41) is 3.97. The van der Waals surface area contributed by atoms with Crippen LogP contribution in [0.3, 0.4) is 0 Å². The molecular formula is C14H11N3O3S. The molecule has 0 fully saturated rings. The topological polar surface area (TPSA) is 73.6 Å². The number of rotatable bonds is 2. The first-order chi connectivity index (χ1) is 10.1. The third kappa shape index (κ3) is 2.43. The number of methoxy groups -OCH3 is 1. The summed E-state index contributed by atoms with van der Waals surface area (Å²) in [7, 11) is 1.58. The van der Waals surface area contributed by atoms with Gasteiger partial charge in [-0.15, -0.1) is 0 Å². The van der Waals surface area contributed by atoms with Gasteiger partial charge in [0.2, 0.25) is 4.96 Å². The highest BCUT2D eigenvalue weighted by molar-refractivity contribution is 7.15. The minimum Gasteiger partial charge on any atom is -0.497 e. The van der Waals surface area contributed by atoms with E-state index in [1.807, 2.05) is 24.3 Å². The molecule has 6 nitrogen and oxygen atoms in total. The minimum absolute atomic E-state index is 0.204. The van der Waals surface area contributed by atoms with Gasteiger partial charge < -0.3 is 4.74 Å². The number of benzene rings is 1. The molecule has 0 N–H and O–H groups in total. The van der Waals surface area contributed by atoms with Gasteiger partial charge in [-0.1, -0.05) is 23.5 Å². The number of hydrogen-bond acceptors (Lipinski definition) is 6. The molecule has 0 saturated carbocycles. The van der Waals surface area contributed by atoms with E-state index in [0.717, 1.165) is 21.4 Å². The molecule has 3 rings (SSSR count). The molecule has 0 aliphatic heterocycles. The molecule has 0 radical (unpaired) electrons. The lowest BCUT2D eigenvalue weighted by Crippen LogP contribution is -2.27. The molecule has 0 saturated heterocycles. The summed E-state index contributed by atoms with van der Waals surface area (Å²) >= 11 is 1.14. The maximum Gasteiger partial charge on any atom is 0.295 e. The summed E-state index contributed by atoms with van der Waals surface area (Å²) in [4.78, 5) is 27.9. The van der Waals surface area contributed by atoms with Gasteiger partial charge in [-0.2, -0.15) is 14.6 Å². The summed E-state index contributed by atoms with van der Waals surface area (Å²) in [5.74, 6) is 0.707. The van der Waals surface area contributed by atoms with E-state index in [1.54, 1.807) is 13.2 Å². The Bertz CT molecular complexity index is 991. The molecule has 7 heteroatoms. The van der Waals surface area contributed by atoms with Gasteiger partial charge in [0.1, 0.15) is 11.4 Å². The van der Waals surface area contributed by atoms with E-state index in [2.05, 4.69) is 10.1 Å². The molecule has 0 amide bonds. The molecular weight excluding hydrogens is 290 g/mol. The van der Waals surface area contributed by atoms with Crippen molar-refractivity contribution in [2.75, 3.05) is 7.11 Å². The van der Waals surface area contributed by atoms with Crippen LogP contribution in [0.4, 0.5) is 0 Å². The smallest absolute Gasteiger partial charge is 0.295 e. The first kappa shape index (κ1) is 13.4. The Morgan fingerprint density at radius 1 is 1.33 bits per heavy atom.